The van der Waals surface area contributed by atoms with Gasteiger partial charge in [-0.05, 0) is 30.3 Å². The molecule has 1 fully saturated rings. The topological polar surface area (TPSA) is 62.5 Å². The normalized spacial score (nSPS) is 15.0. The Morgan fingerprint density at radius 1 is 0.893 bits per heavy atom. The summed E-state index contributed by atoms with van der Waals surface area (Å²) < 4.78 is 5.77. The van der Waals surface area contributed by atoms with Crippen LogP contribution in [0.15, 0.2) is 59.0 Å². The number of aryl methyl sites for hydroxylation is 1. The van der Waals surface area contributed by atoms with Crippen LogP contribution in [0.4, 0.5) is 0 Å². The number of likely N-dealkylation sites (N-methyl/N-ethyl adjacent to an activating group) is 1. The smallest absolute Gasteiger partial charge is 0.247 e. The summed E-state index contributed by atoms with van der Waals surface area (Å²) in [5.74, 6) is 1.14. The Morgan fingerprint density at radius 2 is 1.54 bits per heavy atom. The van der Waals surface area contributed by atoms with Crippen molar-refractivity contribution in [3.05, 3.63) is 60.5 Å². The van der Waals surface area contributed by atoms with Crippen molar-refractivity contribution in [1.29, 1.82) is 0 Å². The van der Waals surface area contributed by atoms with Crippen LogP contribution in [0.1, 0.15) is 12.3 Å². The lowest BCUT2D eigenvalue weighted by Gasteiger charge is -2.32. The maximum absolute atomic E-state index is 12.3. The average molecular weight is 376 g/mol. The summed E-state index contributed by atoms with van der Waals surface area (Å²) in [7, 11) is 2.08. The third-order valence-electron chi connectivity index (χ3n) is 5.11. The molecule has 1 aliphatic rings. The summed E-state index contributed by atoms with van der Waals surface area (Å²) in [6.45, 7) is 3.43. The van der Waals surface area contributed by atoms with Crippen molar-refractivity contribution in [2.24, 2.45) is 0 Å². The van der Waals surface area contributed by atoms with Crippen molar-refractivity contribution in [3.63, 3.8) is 0 Å². The quantitative estimate of drug-likeness (QED) is 0.685. The second-order valence-corrected chi connectivity index (χ2v) is 7.13. The molecule has 0 aliphatic carbocycles. The molecule has 1 aromatic heterocycles. The van der Waals surface area contributed by atoms with Gasteiger partial charge in [-0.25, -0.2) is 0 Å². The Bertz CT molecular complexity index is 913. The highest BCUT2D eigenvalue weighted by Crippen LogP contribution is 2.24. The van der Waals surface area contributed by atoms with Crippen LogP contribution in [0, 0.1) is 0 Å². The number of carbonyl (C=O) groups excluding carboxylic acids is 1. The number of carbonyl (C=O) groups is 1. The van der Waals surface area contributed by atoms with Crippen LogP contribution in [0.2, 0.25) is 0 Å². The van der Waals surface area contributed by atoms with E-state index in [9.17, 15) is 4.79 Å². The third kappa shape index (κ3) is 4.28. The highest BCUT2D eigenvalue weighted by Gasteiger charge is 2.19. The molecule has 0 atom stereocenters. The summed E-state index contributed by atoms with van der Waals surface area (Å²) in [4.78, 5) is 16.5. The Morgan fingerprint density at radius 3 is 2.25 bits per heavy atom. The maximum atomic E-state index is 12.3. The van der Waals surface area contributed by atoms with Crippen LogP contribution in [-0.4, -0.2) is 59.1 Å². The SMILES string of the molecule is CN1CCN(C(=O)CCc2nnc(-c3ccc(-c4ccccc4)cc3)o2)CC1. The molecule has 2 aromatic carbocycles. The molecular formula is C22H24N4O2. The second kappa shape index (κ2) is 8.35. The number of aromatic nitrogens is 2. The molecule has 6 heteroatoms. The number of amides is 1. The van der Waals surface area contributed by atoms with Crippen molar-refractivity contribution < 1.29 is 9.21 Å². The van der Waals surface area contributed by atoms with E-state index in [0.717, 1.165) is 37.3 Å². The molecule has 1 amide bonds. The fourth-order valence-corrected chi connectivity index (χ4v) is 3.33. The molecule has 1 aliphatic heterocycles. The zero-order chi connectivity index (χ0) is 19.3. The predicted octanol–water partition coefficient (Wildman–Crippen LogP) is 3.11. The number of piperazine rings is 1. The van der Waals surface area contributed by atoms with Crippen LogP contribution in [0.3, 0.4) is 0 Å². The van der Waals surface area contributed by atoms with Gasteiger partial charge in [-0.2, -0.15) is 0 Å². The Kier molecular flexibility index (Phi) is 5.48. The molecule has 0 spiro atoms. The molecule has 0 radical (unpaired) electrons. The van der Waals surface area contributed by atoms with E-state index in [0.29, 0.717) is 24.6 Å². The zero-order valence-corrected chi connectivity index (χ0v) is 16.0. The minimum atomic E-state index is 0.153. The Hall–Kier alpha value is -2.99. The van der Waals surface area contributed by atoms with E-state index in [1.54, 1.807) is 0 Å². The van der Waals surface area contributed by atoms with Crippen LogP contribution >= 0.6 is 0 Å². The van der Waals surface area contributed by atoms with Crippen molar-refractivity contribution in [1.82, 2.24) is 20.0 Å². The molecule has 2 heterocycles. The van der Waals surface area contributed by atoms with E-state index >= 15 is 0 Å². The van der Waals surface area contributed by atoms with Crippen molar-refractivity contribution >= 4 is 5.91 Å². The molecule has 6 nitrogen and oxygen atoms in total. The number of rotatable bonds is 5. The van der Waals surface area contributed by atoms with Crippen molar-refractivity contribution in [2.75, 3.05) is 33.2 Å². The highest BCUT2D eigenvalue weighted by molar-refractivity contribution is 5.76. The summed E-state index contributed by atoms with van der Waals surface area (Å²) in [5.41, 5.74) is 3.19. The summed E-state index contributed by atoms with van der Waals surface area (Å²) in [6, 6.07) is 18.3. The van der Waals surface area contributed by atoms with Gasteiger partial charge in [-0.1, -0.05) is 42.5 Å². The molecule has 0 bridgehead atoms. The van der Waals surface area contributed by atoms with E-state index in [4.69, 9.17) is 4.42 Å². The minimum absolute atomic E-state index is 0.153. The van der Waals surface area contributed by atoms with Crippen LogP contribution in [-0.2, 0) is 11.2 Å². The average Bonchev–Trinajstić information content (AvgIpc) is 3.22. The monoisotopic (exact) mass is 376 g/mol. The van der Waals surface area contributed by atoms with Crippen molar-refractivity contribution in [2.45, 2.75) is 12.8 Å². The van der Waals surface area contributed by atoms with Gasteiger partial charge in [0, 0.05) is 44.6 Å². The zero-order valence-electron chi connectivity index (χ0n) is 16.0. The molecule has 28 heavy (non-hydrogen) atoms. The van der Waals surface area contributed by atoms with Gasteiger partial charge >= 0.3 is 0 Å². The molecular weight excluding hydrogens is 352 g/mol. The first-order chi connectivity index (χ1) is 13.7. The lowest BCUT2D eigenvalue weighted by atomic mass is 10.0. The summed E-state index contributed by atoms with van der Waals surface area (Å²) >= 11 is 0. The molecule has 1 saturated heterocycles. The van der Waals surface area contributed by atoms with Gasteiger partial charge in [0.2, 0.25) is 17.7 Å². The third-order valence-corrected chi connectivity index (χ3v) is 5.11. The molecule has 4 rings (SSSR count). The minimum Gasteiger partial charge on any atom is -0.421 e. The maximum Gasteiger partial charge on any atom is 0.247 e. The molecule has 0 N–H and O–H groups in total. The Labute approximate surface area is 164 Å². The first-order valence-electron chi connectivity index (χ1n) is 9.63. The van der Waals surface area contributed by atoms with Gasteiger partial charge in [0.1, 0.15) is 0 Å². The number of hydrogen-bond donors (Lipinski definition) is 0. The van der Waals surface area contributed by atoms with Gasteiger partial charge in [0.05, 0.1) is 0 Å². The van der Waals surface area contributed by atoms with Crippen LogP contribution < -0.4 is 0 Å². The molecule has 3 aromatic rings. The van der Waals surface area contributed by atoms with Crippen LogP contribution in [0.25, 0.3) is 22.6 Å². The fourth-order valence-electron chi connectivity index (χ4n) is 3.33. The van der Waals surface area contributed by atoms with Gasteiger partial charge in [-0.3, -0.25) is 4.79 Å². The van der Waals surface area contributed by atoms with Crippen LogP contribution in [0.5, 0.6) is 0 Å². The predicted molar refractivity (Wildman–Crippen MR) is 108 cm³/mol. The van der Waals surface area contributed by atoms with Gasteiger partial charge in [0.15, 0.2) is 0 Å². The fraction of sp³-hybridized carbons (Fsp3) is 0.318. The van der Waals surface area contributed by atoms with Crippen molar-refractivity contribution in [3.8, 4) is 22.6 Å². The number of nitrogens with zero attached hydrogens (tertiary/aromatic N) is 4. The van der Waals surface area contributed by atoms with E-state index in [2.05, 4.69) is 34.3 Å². The van der Waals surface area contributed by atoms with Gasteiger partial charge in [-0.15, -0.1) is 10.2 Å². The van der Waals surface area contributed by atoms with E-state index in [-0.39, 0.29) is 5.91 Å². The first-order valence-corrected chi connectivity index (χ1v) is 9.63. The summed E-state index contributed by atoms with van der Waals surface area (Å²) in [6.07, 6.45) is 0.874. The molecule has 144 valence electrons. The summed E-state index contributed by atoms with van der Waals surface area (Å²) in [5, 5.41) is 8.25. The first kappa shape index (κ1) is 18.4. The van der Waals surface area contributed by atoms with E-state index in [1.807, 2.05) is 47.4 Å². The van der Waals surface area contributed by atoms with Gasteiger partial charge < -0.3 is 14.2 Å². The largest absolute Gasteiger partial charge is 0.421 e. The standard InChI is InChI=1S/C22H24N4O2/c1-25-13-15-26(16-14-25)21(27)12-11-20-23-24-22(28-20)19-9-7-18(8-10-19)17-5-3-2-4-6-17/h2-10H,11-16H2,1H3. The molecule has 0 saturated carbocycles. The van der Waals surface area contributed by atoms with Gasteiger partial charge in [0.25, 0.3) is 0 Å². The molecule has 0 unspecified atom stereocenters. The van der Waals surface area contributed by atoms with E-state index < -0.39 is 0 Å². The Balaban J connectivity index is 1.36. The lowest BCUT2D eigenvalue weighted by molar-refractivity contribution is -0.132. The number of benzene rings is 2. The second-order valence-electron chi connectivity index (χ2n) is 7.13. The highest BCUT2D eigenvalue weighted by atomic mass is 16.4. The number of hydrogen-bond acceptors (Lipinski definition) is 5. The van der Waals surface area contributed by atoms with E-state index in [1.165, 1.54) is 5.56 Å². The lowest BCUT2D eigenvalue weighted by Crippen LogP contribution is -2.47.